The van der Waals surface area contributed by atoms with Crippen molar-refractivity contribution in [2.45, 2.75) is 19.1 Å². The number of hydrogen-bond donors (Lipinski definition) is 2. The second kappa shape index (κ2) is 5.15. The maximum Gasteiger partial charge on any atom is 0.573 e. The van der Waals surface area contributed by atoms with E-state index < -0.39 is 47.6 Å². The van der Waals surface area contributed by atoms with E-state index in [4.69, 9.17) is 10.8 Å². The molecule has 1 rings (SSSR count). The predicted octanol–water partition coefficient (Wildman–Crippen LogP) is 2.16. The first kappa shape index (κ1) is 16.0. The van der Waals surface area contributed by atoms with Crippen molar-refractivity contribution in [2.75, 3.05) is 0 Å². The molecule has 0 aromatic carbocycles. The van der Waals surface area contributed by atoms with Gasteiger partial charge in [0, 0.05) is 12.7 Å². The third-order valence-corrected chi connectivity index (χ3v) is 2.03. The van der Waals surface area contributed by atoms with E-state index in [9.17, 15) is 31.1 Å². The molecular weight excluding hydrogens is 298 g/mol. The van der Waals surface area contributed by atoms with Crippen molar-refractivity contribution in [1.29, 1.82) is 0 Å². The van der Waals surface area contributed by atoms with Crippen molar-refractivity contribution in [3.8, 4) is 5.75 Å². The summed E-state index contributed by atoms with van der Waals surface area (Å²) in [6.45, 7) is -0.797. The molecule has 0 saturated heterocycles. The molecule has 5 nitrogen and oxygen atoms in total. The van der Waals surface area contributed by atoms with Crippen LogP contribution < -0.4 is 10.5 Å². The Morgan fingerprint density at radius 1 is 1.30 bits per heavy atom. The monoisotopic (exact) mass is 304 g/mol. The quantitative estimate of drug-likeness (QED) is 0.836. The fraction of sp³-hybridized carbons (Fsp3) is 0.333. The molecule has 3 N–H and O–H groups in total. The molecule has 1 aromatic heterocycles. The van der Waals surface area contributed by atoms with E-state index >= 15 is 0 Å². The highest BCUT2D eigenvalue weighted by molar-refractivity contribution is 5.90. The van der Waals surface area contributed by atoms with Gasteiger partial charge in [0.25, 0.3) is 0 Å². The van der Waals surface area contributed by atoms with E-state index in [0.29, 0.717) is 0 Å². The third kappa shape index (κ3) is 3.50. The zero-order valence-electron chi connectivity index (χ0n) is 9.34. The van der Waals surface area contributed by atoms with Crippen LogP contribution in [0.3, 0.4) is 0 Å². The number of aromatic nitrogens is 1. The number of rotatable bonds is 3. The average molecular weight is 304 g/mol. The Labute approximate surface area is 107 Å². The van der Waals surface area contributed by atoms with Crippen LogP contribution in [0, 0.1) is 0 Å². The normalized spacial score (nSPS) is 12.3. The van der Waals surface area contributed by atoms with Crippen molar-refractivity contribution < 1.29 is 41.0 Å². The summed E-state index contributed by atoms with van der Waals surface area (Å²) in [6.07, 6.45) is -10.6. The van der Waals surface area contributed by atoms with Crippen LogP contribution in [0.5, 0.6) is 5.75 Å². The Morgan fingerprint density at radius 2 is 1.85 bits per heavy atom. The van der Waals surface area contributed by atoms with Gasteiger partial charge in [-0.2, -0.15) is 13.2 Å². The van der Waals surface area contributed by atoms with Crippen molar-refractivity contribution in [3.63, 3.8) is 0 Å². The molecule has 0 saturated carbocycles. The summed E-state index contributed by atoms with van der Waals surface area (Å²) in [4.78, 5) is 13.8. The lowest BCUT2D eigenvalue weighted by Crippen LogP contribution is -2.24. The van der Waals surface area contributed by atoms with Gasteiger partial charge in [-0.3, -0.25) is 4.98 Å². The molecule has 0 atom stereocenters. The number of pyridine rings is 1. The Morgan fingerprint density at radius 3 is 2.20 bits per heavy atom. The summed E-state index contributed by atoms with van der Waals surface area (Å²) in [6, 6.07) is 0. The molecule has 0 spiro atoms. The van der Waals surface area contributed by atoms with E-state index in [-0.39, 0.29) is 6.20 Å². The Balaban J connectivity index is 3.65. The fourth-order valence-corrected chi connectivity index (χ4v) is 1.35. The second-order valence-corrected chi connectivity index (χ2v) is 3.38. The van der Waals surface area contributed by atoms with Gasteiger partial charge in [-0.25, -0.2) is 4.79 Å². The number of nitrogens with zero attached hydrogens (tertiary/aromatic N) is 1. The first-order valence-electron chi connectivity index (χ1n) is 4.75. The summed E-state index contributed by atoms with van der Waals surface area (Å²) in [5, 5.41) is 8.61. The van der Waals surface area contributed by atoms with E-state index in [1.807, 2.05) is 0 Å². The van der Waals surface area contributed by atoms with E-state index in [1.165, 1.54) is 0 Å². The number of aromatic carboxylic acids is 1. The summed E-state index contributed by atoms with van der Waals surface area (Å²) in [5.74, 6) is -3.85. The van der Waals surface area contributed by atoms with Gasteiger partial charge in [0.05, 0.1) is 11.3 Å². The van der Waals surface area contributed by atoms with Crippen LogP contribution in [0.1, 0.15) is 21.6 Å². The predicted molar refractivity (Wildman–Crippen MR) is 50.8 cm³/mol. The van der Waals surface area contributed by atoms with Gasteiger partial charge in [0.1, 0.15) is 5.56 Å². The van der Waals surface area contributed by atoms with Crippen LogP contribution >= 0.6 is 0 Å². The molecule has 0 radical (unpaired) electrons. The fourth-order valence-electron chi connectivity index (χ4n) is 1.35. The minimum Gasteiger partial charge on any atom is -0.478 e. The van der Waals surface area contributed by atoms with Crippen molar-refractivity contribution in [2.24, 2.45) is 5.73 Å². The van der Waals surface area contributed by atoms with Gasteiger partial charge >= 0.3 is 18.5 Å². The molecule has 1 aromatic rings. The SMILES string of the molecule is NCc1ncc(C(=O)O)c(C(F)(F)F)c1OC(F)(F)F. The lowest BCUT2D eigenvalue weighted by Gasteiger charge is -2.19. The maximum atomic E-state index is 12.8. The number of alkyl halides is 6. The number of halogens is 6. The standard InChI is InChI=1S/C9H6F6N2O3/c10-8(11,12)5-3(7(18)19)2-17-4(1-16)6(5)20-9(13,14)15/h2H,1,16H2,(H,18,19). The van der Waals surface area contributed by atoms with E-state index in [0.717, 1.165) is 0 Å². The summed E-state index contributed by atoms with van der Waals surface area (Å²) in [7, 11) is 0. The zero-order chi connectivity index (χ0) is 15.7. The first-order valence-corrected chi connectivity index (χ1v) is 4.75. The van der Waals surface area contributed by atoms with Gasteiger partial charge < -0.3 is 15.6 Å². The highest BCUT2D eigenvalue weighted by Crippen LogP contribution is 2.41. The van der Waals surface area contributed by atoms with Gasteiger partial charge in [0.2, 0.25) is 0 Å². The smallest absolute Gasteiger partial charge is 0.478 e. The molecule has 20 heavy (non-hydrogen) atoms. The number of ether oxygens (including phenoxy) is 1. The van der Waals surface area contributed by atoms with Crippen molar-refractivity contribution in [1.82, 2.24) is 4.98 Å². The zero-order valence-corrected chi connectivity index (χ0v) is 9.34. The molecule has 0 amide bonds. The largest absolute Gasteiger partial charge is 0.573 e. The van der Waals surface area contributed by atoms with Gasteiger partial charge in [-0.15, -0.1) is 13.2 Å². The van der Waals surface area contributed by atoms with Crippen LogP contribution in [0.15, 0.2) is 6.20 Å². The minimum absolute atomic E-state index is 0.274. The summed E-state index contributed by atoms with van der Waals surface area (Å²) >= 11 is 0. The summed E-state index contributed by atoms with van der Waals surface area (Å²) in [5.41, 5.74) is 0.572. The first-order chi connectivity index (χ1) is 8.97. The third-order valence-electron chi connectivity index (χ3n) is 2.03. The molecule has 0 aliphatic heterocycles. The molecule has 0 aliphatic rings. The molecular formula is C9H6F6N2O3. The lowest BCUT2D eigenvalue weighted by atomic mass is 10.1. The van der Waals surface area contributed by atoms with Crippen LogP contribution in [0.25, 0.3) is 0 Å². The number of carboxylic acid groups (broad SMARTS) is 1. The van der Waals surface area contributed by atoms with Crippen LogP contribution in [-0.2, 0) is 12.7 Å². The Kier molecular flexibility index (Phi) is 4.12. The topological polar surface area (TPSA) is 85.4 Å². The number of carboxylic acids is 1. The van der Waals surface area contributed by atoms with Crippen molar-refractivity contribution in [3.05, 3.63) is 23.0 Å². The molecule has 0 bridgehead atoms. The molecule has 0 unspecified atom stereocenters. The van der Waals surface area contributed by atoms with E-state index in [2.05, 4.69) is 9.72 Å². The number of hydrogen-bond acceptors (Lipinski definition) is 4. The minimum atomic E-state index is -5.46. The highest BCUT2D eigenvalue weighted by Gasteiger charge is 2.44. The molecule has 11 heteroatoms. The average Bonchev–Trinajstić information content (AvgIpc) is 2.24. The lowest BCUT2D eigenvalue weighted by molar-refractivity contribution is -0.276. The van der Waals surface area contributed by atoms with Crippen LogP contribution in [-0.4, -0.2) is 22.4 Å². The molecule has 0 aliphatic carbocycles. The number of carbonyl (C=O) groups is 1. The van der Waals surface area contributed by atoms with Crippen LogP contribution in [0.2, 0.25) is 0 Å². The van der Waals surface area contributed by atoms with Gasteiger partial charge in [-0.1, -0.05) is 0 Å². The van der Waals surface area contributed by atoms with Gasteiger partial charge in [0.15, 0.2) is 5.75 Å². The maximum absolute atomic E-state index is 12.8. The van der Waals surface area contributed by atoms with Gasteiger partial charge in [-0.05, 0) is 0 Å². The number of nitrogens with two attached hydrogens (primary N) is 1. The highest BCUT2D eigenvalue weighted by atomic mass is 19.4. The molecule has 1 heterocycles. The van der Waals surface area contributed by atoms with Crippen LogP contribution in [0.4, 0.5) is 26.3 Å². The van der Waals surface area contributed by atoms with Crippen molar-refractivity contribution >= 4 is 5.97 Å². The molecule has 0 fully saturated rings. The van der Waals surface area contributed by atoms with E-state index in [1.54, 1.807) is 0 Å². The molecule has 112 valence electrons. The second-order valence-electron chi connectivity index (χ2n) is 3.38. The Bertz CT molecular complexity index is 526. The summed E-state index contributed by atoms with van der Waals surface area (Å²) < 4.78 is 78.0. The Hall–Kier alpha value is -2.04.